The van der Waals surface area contributed by atoms with E-state index in [0.29, 0.717) is 19.6 Å². The van der Waals surface area contributed by atoms with E-state index in [2.05, 4.69) is 24.0 Å². The Hall–Kier alpha value is -2.69. The van der Waals surface area contributed by atoms with Crippen molar-refractivity contribution < 1.29 is 14.2 Å². The van der Waals surface area contributed by atoms with Gasteiger partial charge in [-0.3, -0.25) is 4.90 Å². The van der Waals surface area contributed by atoms with E-state index < -0.39 is 6.10 Å². The van der Waals surface area contributed by atoms with Crippen molar-refractivity contribution in [3.63, 3.8) is 0 Å². The highest BCUT2D eigenvalue weighted by Crippen LogP contribution is 2.18. The Kier molecular flexibility index (Phi) is 7.39. The molecule has 0 aliphatic rings. The van der Waals surface area contributed by atoms with Gasteiger partial charge in [0.1, 0.15) is 24.3 Å². The van der Waals surface area contributed by atoms with E-state index in [0.717, 1.165) is 16.9 Å². The average molecular weight is 394 g/mol. The first-order valence-electron chi connectivity index (χ1n) is 9.89. The SMILES string of the molecule is Cc1ccccc1CN(Cc1ccc(F)cc1)C[C@@H](O)COc1ccccc1C. The number of hydrogen-bond acceptors (Lipinski definition) is 3. The molecule has 3 aromatic carbocycles. The van der Waals surface area contributed by atoms with Crippen molar-refractivity contribution in [3.8, 4) is 5.75 Å². The van der Waals surface area contributed by atoms with Crippen molar-refractivity contribution in [3.05, 3.63) is 101 Å². The minimum atomic E-state index is -0.640. The molecule has 0 bridgehead atoms. The van der Waals surface area contributed by atoms with Crippen LogP contribution in [0.3, 0.4) is 0 Å². The van der Waals surface area contributed by atoms with Gasteiger partial charge >= 0.3 is 0 Å². The minimum Gasteiger partial charge on any atom is -0.491 e. The van der Waals surface area contributed by atoms with Crippen LogP contribution in [0.1, 0.15) is 22.3 Å². The normalized spacial score (nSPS) is 12.2. The molecule has 3 rings (SSSR count). The first-order valence-corrected chi connectivity index (χ1v) is 9.89. The largest absolute Gasteiger partial charge is 0.491 e. The molecule has 0 radical (unpaired) electrons. The molecule has 0 saturated heterocycles. The van der Waals surface area contributed by atoms with Crippen molar-refractivity contribution in [2.24, 2.45) is 0 Å². The van der Waals surface area contributed by atoms with Crippen molar-refractivity contribution >= 4 is 0 Å². The fourth-order valence-electron chi connectivity index (χ4n) is 3.32. The molecular weight excluding hydrogens is 365 g/mol. The molecule has 0 heterocycles. The Labute approximate surface area is 172 Å². The number of aliphatic hydroxyl groups is 1. The maximum absolute atomic E-state index is 13.3. The van der Waals surface area contributed by atoms with Gasteiger partial charge < -0.3 is 9.84 Å². The van der Waals surface area contributed by atoms with Gasteiger partial charge in [-0.15, -0.1) is 0 Å². The number of para-hydroxylation sites is 1. The van der Waals surface area contributed by atoms with E-state index in [-0.39, 0.29) is 12.4 Å². The third kappa shape index (κ3) is 6.41. The predicted octanol–water partition coefficient (Wildman–Crippen LogP) is 4.88. The average Bonchev–Trinajstić information content (AvgIpc) is 2.71. The van der Waals surface area contributed by atoms with Gasteiger partial charge in [0, 0.05) is 19.6 Å². The molecular formula is C25H28FNO2. The lowest BCUT2D eigenvalue weighted by Gasteiger charge is -2.26. The number of ether oxygens (including phenoxy) is 1. The van der Waals surface area contributed by atoms with Crippen LogP contribution in [0.15, 0.2) is 72.8 Å². The highest BCUT2D eigenvalue weighted by molar-refractivity contribution is 5.31. The number of hydrogen-bond donors (Lipinski definition) is 1. The molecule has 1 N–H and O–H groups in total. The van der Waals surface area contributed by atoms with Crippen LogP contribution < -0.4 is 4.74 Å². The molecule has 29 heavy (non-hydrogen) atoms. The fraction of sp³-hybridized carbons (Fsp3) is 0.280. The monoisotopic (exact) mass is 393 g/mol. The Morgan fingerprint density at radius 3 is 2.21 bits per heavy atom. The second kappa shape index (κ2) is 10.2. The van der Waals surface area contributed by atoms with Gasteiger partial charge in [0.15, 0.2) is 0 Å². The van der Waals surface area contributed by atoms with Crippen LogP contribution in [0.2, 0.25) is 0 Å². The number of aryl methyl sites for hydroxylation is 2. The van der Waals surface area contributed by atoms with E-state index in [4.69, 9.17) is 4.74 Å². The van der Waals surface area contributed by atoms with Crippen LogP contribution in [0.5, 0.6) is 5.75 Å². The Bertz CT molecular complexity index is 911. The number of nitrogens with zero attached hydrogens (tertiary/aromatic N) is 1. The molecule has 4 heteroatoms. The molecule has 0 unspecified atom stereocenters. The first-order chi connectivity index (χ1) is 14.0. The van der Waals surface area contributed by atoms with Gasteiger partial charge in [0.05, 0.1) is 0 Å². The minimum absolute atomic E-state index is 0.221. The van der Waals surface area contributed by atoms with Gasteiger partial charge in [-0.2, -0.15) is 0 Å². The summed E-state index contributed by atoms with van der Waals surface area (Å²) in [5.41, 5.74) is 4.47. The predicted molar refractivity (Wildman–Crippen MR) is 114 cm³/mol. The van der Waals surface area contributed by atoms with Crippen LogP contribution in [-0.4, -0.2) is 29.3 Å². The van der Waals surface area contributed by atoms with Crippen LogP contribution in [-0.2, 0) is 13.1 Å². The molecule has 0 aliphatic heterocycles. The van der Waals surface area contributed by atoms with Gasteiger partial charge in [0.25, 0.3) is 0 Å². The topological polar surface area (TPSA) is 32.7 Å². The lowest BCUT2D eigenvalue weighted by atomic mass is 10.1. The summed E-state index contributed by atoms with van der Waals surface area (Å²) in [4.78, 5) is 2.17. The molecule has 3 nitrogen and oxygen atoms in total. The highest BCUT2D eigenvalue weighted by Gasteiger charge is 2.15. The summed E-state index contributed by atoms with van der Waals surface area (Å²) >= 11 is 0. The fourth-order valence-corrected chi connectivity index (χ4v) is 3.32. The maximum Gasteiger partial charge on any atom is 0.123 e. The van der Waals surface area contributed by atoms with Crippen molar-refractivity contribution in [2.75, 3.05) is 13.2 Å². The molecule has 0 aromatic heterocycles. The third-order valence-electron chi connectivity index (χ3n) is 4.97. The summed E-state index contributed by atoms with van der Waals surface area (Å²) in [6.07, 6.45) is -0.640. The summed E-state index contributed by atoms with van der Waals surface area (Å²) in [6, 6.07) is 22.5. The lowest BCUT2D eigenvalue weighted by molar-refractivity contribution is 0.0625. The Morgan fingerprint density at radius 1 is 0.862 bits per heavy atom. The molecule has 1 atom stereocenters. The zero-order valence-corrected chi connectivity index (χ0v) is 17.0. The van der Waals surface area contributed by atoms with E-state index in [9.17, 15) is 9.50 Å². The summed E-state index contributed by atoms with van der Waals surface area (Å²) in [7, 11) is 0. The lowest BCUT2D eigenvalue weighted by Crippen LogP contribution is -2.35. The second-order valence-electron chi connectivity index (χ2n) is 7.45. The summed E-state index contributed by atoms with van der Waals surface area (Å²) < 4.78 is 19.1. The summed E-state index contributed by atoms with van der Waals surface area (Å²) in [5.74, 6) is 0.543. The standard InChI is InChI=1S/C25H28FNO2/c1-19-7-3-5-9-22(19)16-27(15-21-11-13-23(26)14-12-21)17-24(28)18-29-25-10-6-4-8-20(25)2/h3-14,24,28H,15-18H2,1-2H3/t24-/m1/s1. The van der Waals surface area contributed by atoms with E-state index in [1.165, 1.54) is 23.3 Å². The molecule has 152 valence electrons. The van der Waals surface area contributed by atoms with Crippen molar-refractivity contribution in [2.45, 2.75) is 33.0 Å². The van der Waals surface area contributed by atoms with Gasteiger partial charge in [-0.05, 0) is 54.3 Å². The van der Waals surface area contributed by atoms with E-state index in [1.807, 2.05) is 43.3 Å². The van der Waals surface area contributed by atoms with Gasteiger partial charge in [-0.1, -0.05) is 54.6 Å². The van der Waals surface area contributed by atoms with Crippen LogP contribution in [0.25, 0.3) is 0 Å². The Balaban J connectivity index is 1.67. The third-order valence-corrected chi connectivity index (χ3v) is 4.97. The Morgan fingerprint density at radius 2 is 1.52 bits per heavy atom. The van der Waals surface area contributed by atoms with E-state index >= 15 is 0 Å². The van der Waals surface area contributed by atoms with Crippen molar-refractivity contribution in [1.29, 1.82) is 0 Å². The molecule has 0 fully saturated rings. The number of halogens is 1. The zero-order chi connectivity index (χ0) is 20.6. The smallest absolute Gasteiger partial charge is 0.123 e. The summed E-state index contributed by atoms with van der Waals surface area (Å²) in [5, 5.41) is 10.6. The van der Waals surface area contributed by atoms with E-state index in [1.54, 1.807) is 12.1 Å². The molecule has 0 spiro atoms. The maximum atomic E-state index is 13.3. The van der Waals surface area contributed by atoms with Crippen LogP contribution in [0.4, 0.5) is 4.39 Å². The zero-order valence-electron chi connectivity index (χ0n) is 17.0. The molecule has 3 aromatic rings. The van der Waals surface area contributed by atoms with Gasteiger partial charge in [0.2, 0.25) is 0 Å². The molecule has 0 amide bonds. The molecule has 0 aliphatic carbocycles. The highest BCUT2D eigenvalue weighted by atomic mass is 19.1. The van der Waals surface area contributed by atoms with Crippen LogP contribution in [0, 0.1) is 19.7 Å². The number of rotatable bonds is 9. The quantitative estimate of drug-likeness (QED) is 0.562. The first kappa shape index (κ1) is 21.0. The molecule has 0 saturated carbocycles. The number of benzene rings is 3. The second-order valence-corrected chi connectivity index (χ2v) is 7.45. The van der Waals surface area contributed by atoms with Gasteiger partial charge in [-0.25, -0.2) is 4.39 Å². The summed E-state index contributed by atoms with van der Waals surface area (Å²) in [6.45, 7) is 6.07. The van der Waals surface area contributed by atoms with Crippen molar-refractivity contribution in [1.82, 2.24) is 4.90 Å². The van der Waals surface area contributed by atoms with Crippen LogP contribution >= 0.6 is 0 Å². The number of aliphatic hydroxyl groups excluding tert-OH is 1.